The Bertz CT molecular complexity index is 481. The average Bonchev–Trinajstić information content (AvgIpc) is 2.68. The van der Waals surface area contributed by atoms with Gasteiger partial charge in [0.15, 0.2) is 0 Å². The Kier molecular flexibility index (Phi) is 3.29. The van der Waals surface area contributed by atoms with Crippen molar-refractivity contribution in [3.63, 3.8) is 0 Å². The van der Waals surface area contributed by atoms with Crippen molar-refractivity contribution >= 4 is 21.6 Å². The van der Waals surface area contributed by atoms with Crippen LogP contribution in [0.25, 0.3) is 0 Å². The number of furan rings is 1. The van der Waals surface area contributed by atoms with E-state index in [4.69, 9.17) is 4.42 Å². The second-order valence-electron chi connectivity index (χ2n) is 3.66. The highest BCUT2D eigenvalue weighted by molar-refractivity contribution is 9.10. The third-order valence-corrected chi connectivity index (χ3v) is 2.95. The van der Waals surface area contributed by atoms with Gasteiger partial charge in [0.1, 0.15) is 16.1 Å². The maximum atomic E-state index is 5.56. The molecular weight excluding hydrogens is 268 g/mol. The van der Waals surface area contributed by atoms with Gasteiger partial charge in [0.2, 0.25) is 0 Å². The van der Waals surface area contributed by atoms with E-state index in [9.17, 15) is 0 Å². The molecule has 2 aromatic heterocycles. The van der Waals surface area contributed by atoms with Crippen LogP contribution in [0.15, 0.2) is 39.5 Å². The van der Waals surface area contributed by atoms with E-state index in [1.165, 1.54) is 0 Å². The molecule has 3 nitrogen and oxygen atoms in total. The van der Waals surface area contributed by atoms with Gasteiger partial charge in [-0.25, -0.2) is 4.98 Å². The summed E-state index contributed by atoms with van der Waals surface area (Å²) in [6.07, 6.45) is 1.75. The molecule has 0 fully saturated rings. The number of aromatic nitrogens is 1. The maximum Gasteiger partial charge on any atom is 0.129 e. The van der Waals surface area contributed by atoms with Gasteiger partial charge in [-0.1, -0.05) is 0 Å². The normalized spacial score (nSPS) is 12.4. The third kappa shape index (κ3) is 2.44. The summed E-state index contributed by atoms with van der Waals surface area (Å²) in [6, 6.07) is 7.94. The van der Waals surface area contributed by atoms with Crippen molar-refractivity contribution < 1.29 is 4.42 Å². The fraction of sp³-hybridized carbons (Fsp3) is 0.250. The Balaban J connectivity index is 2.13. The van der Waals surface area contributed by atoms with Gasteiger partial charge in [-0.2, -0.15) is 0 Å². The molecule has 0 aromatic carbocycles. The van der Waals surface area contributed by atoms with E-state index in [-0.39, 0.29) is 6.04 Å². The van der Waals surface area contributed by atoms with Crippen molar-refractivity contribution in [3.8, 4) is 0 Å². The maximum absolute atomic E-state index is 5.56. The number of aryl methyl sites for hydroxylation is 1. The lowest BCUT2D eigenvalue weighted by Gasteiger charge is -2.13. The van der Waals surface area contributed by atoms with E-state index >= 15 is 0 Å². The smallest absolute Gasteiger partial charge is 0.129 e. The number of pyridine rings is 1. The Morgan fingerprint density at radius 1 is 1.38 bits per heavy atom. The lowest BCUT2D eigenvalue weighted by Crippen LogP contribution is -2.06. The number of hydrogen-bond donors (Lipinski definition) is 1. The fourth-order valence-corrected chi connectivity index (χ4v) is 1.85. The van der Waals surface area contributed by atoms with Crippen LogP contribution in [-0.2, 0) is 0 Å². The standard InChI is InChI=1S/C12H13BrN2O/c1-8-5-6-11(16-8)9(2)15-10-4-3-7-14-12(10)13/h3-7,9,15H,1-2H3. The Labute approximate surface area is 103 Å². The highest BCUT2D eigenvalue weighted by Gasteiger charge is 2.10. The second-order valence-corrected chi connectivity index (χ2v) is 4.41. The molecule has 0 aliphatic heterocycles. The number of hydrogen-bond acceptors (Lipinski definition) is 3. The molecule has 1 atom stereocenters. The monoisotopic (exact) mass is 280 g/mol. The van der Waals surface area contributed by atoms with Gasteiger partial charge in [0.25, 0.3) is 0 Å². The highest BCUT2D eigenvalue weighted by Crippen LogP contribution is 2.25. The minimum absolute atomic E-state index is 0.120. The van der Waals surface area contributed by atoms with Gasteiger partial charge < -0.3 is 9.73 Å². The summed E-state index contributed by atoms with van der Waals surface area (Å²) >= 11 is 3.40. The van der Waals surface area contributed by atoms with E-state index in [2.05, 4.69) is 33.2 Å². The van der Waals surface area contributed by atoms with E-state index in [1.54, 1.807) is 6.20 Å². The van der Waals surface area contributed by atoms with E-state index in [1.807, 2.05) is 31.2 Å². The lowest BCUT2D eigenvalue weighted by atomic mass is 10.2. The Morgan fingerprint density at radius 2 is 2.19 bits per heavy atom. The van der Waals surface area contributed by atoms with E-state index < -0.39 is 0 Å². The molecule has 0 aliphatic rings. The van der Waals surface area contributed by atoms with Gasteiger partial charge in [-0.15, -0.1) is 0 Å². The zero-order valence-corrected chi connectivity index (χ0v) is 10.8. The SMILES string of the molecule is Cc1ccc(C(C)Nc2cccnc2Br)o1. The molecule has 0 spiro atoms. The van der Waals surface area contributed by atoms with Gasteiger partial charge in [-0.3, -0.25) is 0 Å². The summed E-state index contributed by atoms with van der Waals surface area (Å²) < 4.78 is 6.37. The van der Waals surface area contributed by atoms with Crippen molar-refractivity contribution in [3.05, 3.63) is 46.6 Å². The van der Waals surface area contributed by atoms with E-state index in [0.717, 1.165) is 21.8 Å². The number of nitrogens with zero attached hydrogens (tertiary/aromatic N) is 1. The summed E-state index contributed by atoms with van der Waals surface area (Å²) in [6.45, 7) is 3.99. The van der Waals surface area contributed by atoms with Gasteiger partial charge in [-0.05, 0) is 54.0 Å². The van der Waals surface area contributed by atoms with Crippen LogP contribution < -0.4 is 5.32 Å². The number of nitrogens with one attached hydrogen (secondary N) is 1. The molecule has 2 heterocycles. The van der Waals surface area contributed by atoms with Crippen LogP contribution >= 0.6 is 15.9 Å². The number of anilines is 1. The first-order valence-corrected chi connectivity index (χ1v) is 5.89. The minimum Gasteiger partial charge on any atom is -0.464 e. The van der Waals surface area contributed by atoms with Crippen LogP contribution in [0.2, 0.25) is 0 Å². The van der Waals surface area contributed by atoms with Gasteiger partial charge in [0.05, 0.1) is 11.7 Å². The molecule has 0 bridgehead atoms. The first-order valence-electron chi connectivity index (χ1n) is 5.10. The van der Waals surface area contributed by atoms with Crippen LogP contribution in [0, 0.1) is 6.92 Å². The first-order chi connectivity index (χ1) is 7.66. The minimum atomic E-state index is 0.120. The summed E-state index contributed by atoms with van der Waals surface area (Å²) in [5.74, 6) is 1.85. The zero-order chi connectivity index (χ0) is 11.5. The molecule has 4 heteroatoms. The van der Waals surface area contributed by atoms with Gasteiger partial charge >= 0.3 is 0 Å². The molecule has 0 radical (unpaired) electrons. The summed E-state index contributed by atoms with van der Waals surface area (Å²) in [4.78, 5) is 4.15. The molecule has 1 unspecified atom stereocenters. The topological polar surface area (TPSA) is 38.1 Å². The van der Waals surface area contributed by atoms with Crippen molar-refractivity contribution in [2.45, 2.75) is 19.9 Å². The molecular formula is C12H13BrN2O. The van der Waals surface area contributed by atoms with Crippen molar-refractivity contribution in [1.29, 1.82) is 0 Å². The molecule has 0 saturated carbocycles. The van der Waals surface area contributed by atoms with Crippen LogP contribution in [0.3, 0.4) is 0 Å². The van der Waals surface area contributed by atoms with Crippen LogP contribution in [0.4, 0.5) is 5.69 Å². The Hall–Kier alpha value is -1.29. The predicted octanol–water partition coefficient (Wildman–Crippen LogP) is 3.92. The molecule has 0 aliphatic carbocycles. The van der Waals surface area contributed by atoms with Crippen LogP contribution in [0.1, 0.15) is 24.5 Å². The summed E-state index contributed by atoms with van der Waals surface area (Å²) in [7, 11) is 0. The number of halogens is 1. The summed E-state index contributed by atoms with van der Waals surface area (Å²) in [5.41, 5.74) is 0.962. The Morgan fingerprint density at radius 3 is 2.81 bits per heavy atom. The third-order valence-electron chi connectivity index (χ3n) is 2.32. The molecule has 0 saturated heterocycles. The van der Waals surface area contributed by atoms with E-state index in [0.29, 0.717) is 0 Å². The van der Waals surface area contributed by atoms with Crippen LogP contribution in [0.5, 0.6) is 0 Å². The molecule has 2 aromatic rings. The first kappa shape index (κ1) is 11.2. The predicted molar refractivity (Wildman–Crippen MR) is 67.4 cm³/mol. The van der Waals surface area contributed by atoms with Crippen molar-refractivity contribution in [1.82, 2.24) is 4.98 Å². The zero-order valence-electron chi connectivity index (χ0n) is 9.20. The highest BCUT2D eigenvalue weighted by atomic mass is 79.9. The lowest BCUT2D eigenvalue weighted by molar-refractivity contribution is 0.467. The number of rotatable bonds is 3. The molecule has 16 heavy (non-hydrogen) atoms. The van der Waals surface area contributed by atoms with Crippen LogP contribution in [-0.4, -0.2) is 4.98 Å². The summed E-state index contributed by atoms with van der Waals surface area (Å²) in [5, 5.41) is 3.34. The molecule has 2 rings (SSSR count). The quantitative estimate of drug-likeness (QED) is 0.866. The molecule has 0 amide bonds. The van der Waals surface area contributed by atoms with Crippen molar-refractivity contribution in [2.75, 3.05) is 5.32 Å². The molecule has 84 valence electrons. The average molecular weight is 281 g/mol. The van der Waals surface area contributed by atoms with Gasteiger partial charge in [0, 0.05) is 6.20 Å². The second kappa shape index (κ2) is 4.70. The van der Waals surface area contributed by atoms with Crippen molar-refractivity contribution in [2.24, 2.45) is 0 Å². The largest absolute Gasteiger partial charge is 0.464 e. The fourth-order valence-electron chi connectivity index (χ4n) is 1.48. The molecule has 1 N–H and O–H groups in total.